The first-order chi connectivity index (χ1) is 25.9. The van der Waals surface area contributed by atoms with Gasteiger partial charge in [-0.15, -0.1) is 0 Å². The summed E-state index contributed by atoms with van der Waals surface area (Å²) >= 11 is 0. The molecule has 0 heterocycles. The molecule has 0 aromatic rings. The summed E-state index contributed by atoms with van der Waals surface area (Å²) < 4.78 is 23.5. The van der Waals surface area contributed by atoms with Gasteiger partial charge in [-0.05, 0) is 51.4 Å². The molecule has 0 saturated heterocycles. The fraction of sp³-hybridized carbons (Fsp3) is 0.705. The highest BCUT2D eigenvalue weighted by Gasteiger charge is 2.27. The van der Waals surface area contributed by atoms with Crippen molar-refractivity contribution in [2.75, 3.05) is 40.9 Å². The first-order valence-electron chi connectivity index (χ1n) is 20.9. The maximum Gasteiger partial charge on any atom is 0.472 e. The number of nitrogens with one attached hydrogen (secondary N) is 1. The van der Waals surface area contributed by atoms with Crippen LogP contribution < -0.4 is 5.32 Å². The topological polar surface area (TPSA) is 125 Å². The molecule has 1 amide bonds. The Morgan fingerprint density at radius 2 is 1.22 bits per heavy atom. The zero-order chi connectivity index (χ0) is 40.2. The number of nitrogens with zero attached hydrogens (tertiary/aromatic N) is 1. The largest absolute Gasteiger partial charge is 0.472 e. The van der Waals surface area contributed by atoms with Crippen molar-refractivity contribution in [2.45, 2.75) is 161 Å². The van der Waals surface area contributed by atoms with Crippen molar-refractivity contribution >= 4 is 13.7 Å². The van der Waals surface area contributed by atoms with E-state index in [4.69, 9.17) is 9.05 Å². The zero-order valence-corrected chi connectivity index (χ0v) is 35.7. The third-order valence-corrected chi connectivity index (χ3v) is 9.82. The molecule has 0 bridgehead atoms. The molecule has 4 N–H and O–H groups in total. The van der Waals surface area contributed by atoms with Gasteiger partial charge in [0.1, 0.15) is 13.2 Å². The lowest BCUT2D eigenvalue weighted by Gasteiger charge is -2.25. The molecule has 0 rings (SSSR count). The quantitative estimate of drug-likeness (QED) is 0.0164. The van der Waals surface area contributed by atoms with E-state index in [2.05, 4.69) is 54.8 Å². The molecule has 312 valence electrons. The second kappa shape index (κ2) is 35.3. The van der Waals surface area contributed by atoms with Crippen molar-refractivity contribution in [3.63, 3.8) is 0 Å². The van der Waals surface area contributed by atoms with Crippen molar-refractivity contribution < 1.29 is 38.0 Å². The molecule has 0 saturated carbocycles. The van der Waals surface area contributed by atoms with E-state index in [1.165, 1.54) is 64.2 Å². The first kappa shape index (κ1) is 51.9. The van der Waals surface area contributed by atoms with Gasteiger partial charge in [0.25, 0.3) is 0 Å². The van der Waals surface area contributed by atoms with Gasteiger partial charge in [0, 0.05) is 6.42 Å². The van der Waals surface area contributed by atoms with Crippen LogP contribution in [0.15, 0.2) is 72.9 Å². The number of carbonyl (C=O) groups excluding carboxylic acids is 1. The summed E-state index contributed by atoms with van der Waals surface area (Å²) in [6.45, 7) is 4.40. The van der Waals surface area contributed by atoms with Crippen LogP contribution in [0.2, 0.25) is 0 Å². The SMILES string of the molecule is CCCCCCCCCCCCCC/C=C/[C@@H](O)[C@H](COP(=O)(O)OCC[N+](C)(C)C)NC(=O)CCC/C=C\C/C=C\C/C=C\C/C=C\C=C\[C@H](O)CC. The summed E-state index contributed by atoms with van der Waals surface area (Å²) in [6.07, 6.45) is 43.5. The van der Waals surface area contributed by atoms with Crippen molar-refractivity contribution in [3.05, 3.63) is 72.9 Å². The van der Waals surface area contributed by atoms with Crippen LogP contribution in [-0.4, -0.2) is 84.6 Å². The summed E-state index contributed by atoms with van der Waals surface area (Å²) in [5.74, 6) is -0.250. The lowest BCUT2D eigenvalue weighted by Crippen LogP contribution is -2.45. The van der Waals surface area contributed by atoms with Crippen LogP contribution in [0, 0.1) is 0 Å². The Bertz CT molecular complexity index is 1130. The standard InChI is InChI=1S/C44H79N2O7P/c1-6-8-9-10-11-12-13-14-18-21-24-27-30-33-36-43(48)42(40-53-54(50,51)52-39-38-46(3,4)5)45-44(49)37-34-31-28-25-22-19-16-15-17-20-23-26-29-32-35-41(47)7-2/h16-17,19-20,25-26,28-29,32-33,35-36,41-43,47-48H,6-15,18,21-24,27,30-31,34,37-40H2,1-5H3,(H-,45,49,50,51)/p+1/b19-16-,20-17-,28-25-,29-26-,35-32+,36-33+/t41-,42+,43-/m1/s1. The summed E-state index contributed by atoms with van der Waals surface area (Å²) in [7, 11) is 1.50. The van der Waals surface area contributed by atoms with Gasteiger partial charge >= 0.3 is 7.82 Å². The van der Waals surface area contributed by atoms with Crippen LogP contribution in [-0.2, 0) is 18.4 Å². The molecule has 0 fully saturated rings. The van der Waals surface area contributed by atoms with Gasteiger partial charge < -0.3 is 24.9 Å². The monoisotopic (exact) mass is 780 g/mol. The predicted octanol–water partition coefficient (Wildman–Crippen LogP) is 10.2. The van der Waals surface area contributed by atoms with Crippen molar-refractivity contribution in [1.29, 1.82) is 0 Å². The summed E-state index contributed by atoms with van der Waals surface area (Å²) in [5, 5.41) is 23.2. The number of phosphoric acid groups is 1. The van der Waals surface area contributed by atoms with Crippen LogP contribution in [0.1, 0.15) is 142 Å². The number of unbranched alkanes of at least 4 members (excludes halogenated alkanes) is 13. The summed E-state index contributed by atoms with van der Waals surface area (Å²) in [6, 6.07) is -0.888. The normalized spacial score (nSPS) is 15.8. The molecule has 0 aliphatic heterocycles. The van der Waals surface area contributed by atoms with E-state index in [1.54, 1.807) is 12.2 Å². The zero-order valence-electron chi connectivity index (χ0n) is 34.8. The minimum absolute atomic E-state index is 0.0407. The van der Waals surface area contributed by atoms with Crippen LogP contribution in [0.25, 0.3) is 0 Å². The number of amides is 1. The number of aliphatic hydroxyl groups excluding tert-OH is 2. The Morgan fingerprint density at radius 3 is 1.80 bits per heavy atom. The Morgan fingerprint density at radius 1 is 0.685 bits per heavy atom. The van der Waals surface area contributed by atoms with Crippen molar-refractivity contribution in [3.8, 4) is 0 Å². The number of hydrogen-bond donors (Lipinski definition) is 4. The number of rotatable bonds is 36. The average Bonchev–Trinajstić information content (AvgIpc) is 3.12. The first-order valence-corrected chi connectivity index (χ1v) is 22.4. The van der Waals surface area contributed by atoms with Gasteiger partial charge in [0.05, 0.1) is 46.0 Å². The fourth-order valence-electron chi connectivity index (χ4n) is 5.32. The Balaban J connectivity index is 4.62. The number of hydrogen-bond acceptors (Lipinski definition) is 6. The molecule has 4 atom stereocenters. The molecule has 9 nitrogen and oxygen atoms in total. The molecular weight excluding hydrogens is 699 g/mol. The minimum Gasteiger partial charge on any atom is -0.389 e. The van der Waals surface area contributed by atoms with Crippen LogP contribution >= 0.6 is 7.82 Å². The van der Waals surface area contributed by atoms with Crippen LogP contribution in [0.5, 0.6) is 0 Å². The number of carbonyl (C=O) groups is 1. The molecule has 0 spiro atoms. The molecule has 10 heteroatoms. The maximum absolute atomic E-state index is 12.8. The molecule has 0 aliphatic carbocycles. The average molecular weight is 780 g/mol. The molecular formula is C44H80N2O7P+. The Kier molecular flexibility index (Phi) is 33.9. The number of allylic oxidation sites excluding steroid dienone is 10. The van der Waals surface area contributed by atoms with E-state index in [0.717, 1.165) is 51.4 Å². The molecule has 0 radical (unpaired) electrons. The predicted molar refractivity (Wildman–Crippen MR) is 227 cm³/mol. The molecule has 54 heavy (non-hydrogen) atoms. The van der Waals surface area contributed by atoms with E-state index in [1.807, 2.05) is 46.3 Å². The second-order valence-electron chi connectivity index (χ2n) is 15.2. The highest BCUT2D eigenvalue weighted by molar-refractivity contribution is 7.47. The number of aliphatic hydroxyl groups is 2. The molecule has 1 unspecified atom stereocenters. The Labute approximate surface area is 330 Å². The maximum atomic E-state index is 12.8. The van der Waals surface area contributed by atoms with E-state index in [0.29, 0.717) is 17.4 Å². The van der Waals surface area contributed by atoms with Crippen molar-refractivity contribution in [1.82, 2.24) is 5.32 Å². The van der Waals surface area contributed by atoms with E-state index < -0.39 is 20.0 Å². The lowest BCUT2D eigenvalue weighted by molar-refractivity contribution is -0.870. The summed E-state index contributed by atoms with van der Waals surface area (Å²) in [5.41, 5.74) is 0. The number of quaternary nitrogens is 1. The number of likely N-dealkylation sites (N-methyl/N-ethyl adjacent to an activating group) is 1. The van der Waals surface area contributed by atoms with Crippen LogP contribution in [0.3, 0.4) is 0 Å². The van der Waals surface area contributed by atoms with Gasteiger partial charge in [-0.2, -0.15) is 0 Å². The van der Waals surface area contributed by atoms with E-state index in [9.17, 15) is 24.5 Å². The second-order valence-corrected chi connectivity index (χ2v) is 16.6. The van der Waals surface area contributed by atoms with E-state index in [-0.39, 0.29) is 31.6 Å². The number of phosphoric ester groups is 1. The third kappa shape index (κ3) is 36.9. The van der Waals surface area contributed by atoms with Gasteiger partial charge in [-0.1, -0.05) is 157 Å². The molecule has 0 aromatic carbocycles. The van der Waals surface area contributed by atoms with Gasteiger partial charge in [0.15, 0.2) is 0 Å². The van der Waals surface area contributed by atoms with Gasteiger partial charge in [-0.25, -0.2) is 4.57 Å². The van der Waals surface area contributed by atoms with Crippen molar-refractivity contribution in [2.24, 2.45) is 0 Å². The Hall–Kier alpha value is -2.10. The lowest BCUT2D eigenvalue weighted by atomic mass is 10.0. The minimum atomic E-state index is -4.36. The van der Waals surface area contributed by atoms with Gasteiger partial charge in [0.2, 0.25) is 5.91 Å². The fourth-order valence-corrected chi connectivity index (χ4v) is 6.06. The smallest absolute Gasteiger partial charge is 0.389 e. The third-order valence-electron chi connectivity index (χ3n) is 8.84. The summed E-state index contributed by atoms with van der Waals surface area (Å²) in [4.78, 5) is 23.0. The molecule has 0 aliphatic rings. The highest BCUT2D eigenvalue weighted by atomic mass is 31.2. The van der Waals surface area contributed by atoms with Crippen LogP contribution in [0.4, 0.5) is 0 Å². The highest BCUT2D eigenvalue weighted by Crippen LogP contribution is 2.43. The van der Waals surface area contributed by atoms with Gasteiger partial charge in [-0.3, -0.25) is 13.8 Å². The molecule has 0 aromatic heterocycles. The van der Waals surface area contributed by atoms with E-state index >= 15 is 0 Å².